The number of hydrogen-bond acceptors (Lipinski definition) is 1. The summed E-state index contributed by atoms with van der Waals surface area (Å²) in [7, 11) is 2.04. The Balaban J connectivity index is 2.14. The molecule has 76 valence electrons. The second kappa shape index (κ2) is 3.74. The maximum atomic E-state index is 3.26. The van der Waals surface area contributed by atoms with E-state index in [9.17, 15) is 0 Å². The number of nitrogens with one attached hydrogen (secondary N) is 1. The lowest BCUT2D eigenvalue weighted by Crippen LogP contribution is -2.10. The van der Waals surface area contributed by atoms with E-state index in [1.165, 1.54) is 17.5 Å². The van der Waals surface area contributed by atoms with Gasteiger partial charge in [0.15, 0.2) is 0 Å². The molecule has 2 unspecified atom stereocenters. The quantitative estimate of drug-likeness (QED) is 0.770. The summed E-state index contributed by atoms with van der Waals surface area (Å²) in [4.78, 5) is 0. The van der Waals surface area contributed by atoms with Crippen LogP contribution in [0.5, 0.6) is 0 Å². The van der Waals surface area contributed by atoms with E-state index in [1.54, 1.807) is 5.56 Å². The van der Waals surface area contributed by atoms with Crippen molar-refractivity contribution in [3.8, 4) is 0 Å². The van der Waals surface area contributed by atoms with E-state index in [0.29, 0.717) is 0 Å². The smallest absolute Gasteiger partial charge is 0.00174 e. The molecule has 0 bridgehead atoms. The molecule has 0 saturated heterocycles. The van der Waals surface area contributed by atoms with Crippen LogP contribution in [0.15, 0.2) is 18.2 Å². The second-order valence-corrected chi connectivity index (χ2v) is 4.52. The Morgan fingerprint density at radius 2 is 2.14 bits per heavy atom. The fraction of sp³-hybridized carbons (Fsp3) is 0.538. The number of hydrogen-bond donors (Lipinski definition) is 1. The Kier molecular flexibility index (Phi) is 2.60. The summed E-state index contributed by atoms with van der Waals surface area (Å²) in [6.07, 6.45) is 1.37. The zero-order chi connectivity index (χ0) is 10.1. The van der Waals surface area contributed by atoms with Gasteiger partial charge < -0.3 is 5.32 Å². The summed E-state index contributed by atoms with van der Waals surface area (Å²) >= 11 is 0. The standard InChI is InChI=1S/C13H19N/c1-9-4-5-10(2)12(6-9)13-7-11(13)8-14-3/h4-6,11,13-14H,7-8H2,1-3H3. The molecule has 0 aliphatic heterocycles. The SMILES string of the molecule is CNCC1CC1c1cc(C)ccc1C. The fourth-order valence-corrected chi connectivity index (χ4v) is 2.28. The van der Waals surface area contributed by atoms with E-state index >= 15 is 0 Å². The highest BCUT2D eigenvalue weighted by atomic mass is 14.8. The molecule has 14 heavy (non-hydrogen) atoms. The molecule has 1 nitrogen and oxygen atoms in total. The highest BCUT2D eigenvalue weighted by Crippen LogP contribution is 2.48. The van der Waals surface area contributed by atoms with Crippen LogP contribution < -0.4 is 5.32 Å². The maximum absolute atomic E-state index is 3.26. The molecule has 1 aliphatic rings. The predicted octanol–water partition coefficient (Wildman–Crippen LogP) is 2.63. The molecule has 2 rings (SSSR count). The van der Waals surface area contributed by atoms with Crippen LogP contribution in [-0.2, 0) is 0 Å². The van der Waals surface area contributed by atoms with E-state index in [0.717, 1.165) is 18.4 Å². The van der Waals surface area contributed by atoms with Crippen LogP contribution >= 0.6 is 0 Å². The fourth-order valence-electron chi connectivity index (χ4n) is 2.28. The maximum Gasteiger partial charge on any atom is -0.00174 e. The van der Waals surface area contributed by atoms with Crippen molar-refractivity contribution in [1.82, 2.24) is 5.32 Å². The van der Waals surface area contributed by atoms with Crippen molar-refractivity contribution in [1.29, 1.82) is 0 Å². The largest absolute Gasteiger partial charge is 0.319 e. The van der Waals surface area contributed by atoms with Crippen LogP contribution in [0.25, 0.3) is 0 Å². The van der Waals surface area contributed by atoms with Gasteiger partial charge >= 0.3 is 0 Å². The molecule has 1 aromatic rings. The van der Waals surface area contributed by atoms with E-state index in [-0.39, 0.29) is 0 Å². The van der Waals surface area contributed by atoms with Crippen LogP contribution in [0.1, 0.15) is 29.0 Å². The highest BCUT2D eigenvalue weighted by Gasteiger charge is 2.38. The molecule has 2 atom stereocenters. The average Bonchev–Trinajstić information content (AvgIpc) is 2.89. The van der Waals surface area contributed by atoms with Crippen LogP contribution in [-0.4, -0.2) is 13.6 Å². The minimum absolute atomic E-state index is 0.822. The van der Waals surface area contributed by atoms with Crippen molar-refractivity contribution in [3.63, 3.8) is 0 Å². The van der Waals surface area contributed by atoms with Crippen molar-refractivity contribution < 1.29 is 0 Å². The monoisotopic (exact) mass is 189 g/mol. The van der Waals surface area contributed by atoms with Gasteiger partial charge in [-0.3, -0.25) is 0 Å². The lowest BCUT2D eigenvalue weighted by Gasteiger charge is -2.06. The minimum atomic E-state index is 0.822. The molecule has 1 aromatic carbocycles. The summed E-state index contributed by atoms with van der Waals surface area (Å²) in [5.41, 5.74) is 4.42. The Bertz CT molecular complexity index is 330. The third-order valence-corrected chi connectivity index (χ3v) is 3.22. The van der Waals surface area contributed by atoms with Gasteiger partial charge in [0.2, 0.25) is 0 Å². The third kappa shape index (κ3) is 1.83. The van der Waals surface area contributed by atoms with Gasteiger partial charge in [0.05, 0.1) is 0 Å². The molecule has 1 N–H and O–H groups in total. The van der Waals surface area contributed by atoms with E-state index < -0.39 is 0 Å². The van der Waals surface area contributed by atoms with Crippen molar-refractivity contribution in [2.45, 2.75) is 26.2 Å². The second-order valence-electron chi connectivity index (χ2n) is 4.52. The molecular weight excluding hydrogens is 170 g/mol. The topological polar surface area (TPSA) is 12.0 Å². The lowest BCUT2D eigenvalue weighted by atomic mass is 10.0. The zero-order valence-corrected chi connectivity index (χ0v) is 9.30. The van der Waals surface area contributed by atoms with Gasteiger partial charge in [-0.05, 0) is 56.8 Å². The molecule has 1 saturated carbocycles. The Morgan fingerprint density at radius 1 is 1.36 bits per heavy atom. The van der Waals surface area contributed by atoms with Gasteiger partial charge in [-0.25, -0.2) is 0 Å². The molecular formula is C13H19N. The lowest BCUT2D eigenvalue weighted by molar-refractivity contribution is 0.697. The van der Waals surface area contributed by atoms with Crippen LogP contribution in [0.4, 0.5) is 0 Å². The molecule has 0 amide bonds. The Morgan fingerprint density at radius 3 is 2.86 bits per heavy atom. The van der Waals surface area contributed by atoms with Crippen molar-refractivity contribution in [3.05, 3.63) is 34.9 Å². The van der Waals surface area contributed by atoms with Gasteiger partial charge in [-0.1, -0.05) is 23.8 Å². The summed E-state index contributed by atoms with van der Waals surface area (Å²) in [5.74, 6) is 1.70. The Hall–Kier alpha value is -0.820. The van der Waals surface area contributed by atoms with Gasteiger partial charge in [0, 0.05) is 0 Å². The summed E-state index contributed by atoms with van der Waals surface area (Å²) in [6.45, 7) is 5.57. The molecule has 0 radical (unpaired) electrons. The number of benzene rings is 1. The zero-order valence-electron chi connectivity index (χ0n) is 9.30. The van der Waals surface area contributed by atoms with Crippen molar-refractivity contribution in [2.75, 3.05) is 13.6 Å². The first kappa shape index (κ1) is 9.72. The predicted molar refractivity (Wildman–Crippen MR) is 60.7 cm³/mol. The molecule has 0 spiro atoms. The summed E-state index contributed by atoms with van der Waals surface area (Å²) in [5, 5.41) is 3.26. The van der Waals surface area contributed by atoms with Crippen LogP contribution in [0, 0.1) is 19.8 Å². The first-order valence-electron chi connectivity index (χ1n) is 5.44. The molecule has 1 aliphatic carbocycles. The van der Waals surface area contributed by atoms with Gasteiger partial charge in [-0.15, -0.1) is 0 Å². The molecule has 0 aromatic heterocycles. The third-order valence-electron chi connectivity index (χ3n) is 3.22. The van der Waals surface area contributed by atoms with E-state index in [1.807, 2.05) is 7.05 Å². The van der Waals surface area contributed by atoms with Crippen LogP contribution in [0.3, 0.4) is 0 Å². The van der Waals surface area contributed by atoms with E-state index in [2.05, 4.69) is 37.4 Å². The molecule has 1 fully saturated rings. The minimum Gasteiger partial charge on any atom is -0.319 e. The van der Waals surface area contributed by atoms with Crippen molar-refractivity contribution in [2.24, 2.45) is 5.92 Å². The van der Waals surface area contributed by atoms with Gasteiger partial charge in [0.1, 0.15) is 0 Å². The summed E-state index contributed by atoms with van der Waals surface area (Å²) < 4.78 is 0. The normalized spacial score (nSPS) is 25.1. The highest BCUT2D eigenvalue weighted by molar-refractivity contribution is 5.36. The molecule has 1 heteroatoms. The first-order chi connectivity index (χ1) is 6.72. The first-order valence-corrected chi connectivity index (χ1v) is 5.44. The van der Waals surface area contributed by atoms with Crippen LogP contribution in [0.2, 0.25) is 0 Å². The summed E-state index contributed by atoms with van der Waals surface area (Å²) in [6, 6.07) is 6.81. The average molecular weight is 189 g/mol. The number of rotatable bonds is 3. The van der Waals surface area contributed by atoms with Gasteiger partial charge in [-0.2, -0.15) is 0 Å². The van der Waals surface area contributed by atoms with E-state index in [4.69, 9.17) is 0 Å². The Labute approximate surface area is 86.5 Å². The number of aryl methyl sites for hydroxylation is 2. The van der Waals surface area contributed by atoms with Gasteiger partial charge in [0.25, 0.3) is 0 Å². The molecule has 0 heterocycles. The van der Waals surface area contributed by atoms with Crippen molar-refractivity contribution >= 4 is 0 Å².